The number of nitrogens with one attached hydrogen (secondary N) is 1. The van der Waals surface area contributed by atoms with E-state index in [0.717, 1.165) is 30.4 Å². The molecule has 0 amide bonds. The van der Waals surface area contributed by atoms with Crippen molar-refractivity contribution in [3.63, 3.8) is 0 Å². The molecule has 0 fully saturated rings. The zero-order valence-electron chi connectivity index (χ0n) is 12.3. The van der Waals surface area contributed by atoms with E-state index in [1.54, 1.807) is 0 Å². The Morgan fingerprint density at radius 3 is 2.44 bits per heavy atom. The second-order valence-electron chi connectivity index (χ2n) is 5.55. The number of halogens is 1. The van der Waals surface area contributed by atoms with Gasteiger partial charge in [-0.3, -0.25) is 0 Å². The van der Waals surface area contributed by atoms with Crippen LogP contribution >= 0.6 is 0 Å². The Balaban J connectivity index is 2.72. The lowest BCUT2D eigenvalue weighted by atomic mass is 9.95. The minimum absolute atomic E-state index is 0.0302. The van der Waals surface area contributed by atoms with Crippen molar-refractivity contribution < 1.29 is 4.39 Å². The first-order chi connectivity index (χ1) is 8.45. The first-order valence-corrected chi connectivity index (χ1v) is 6.91. The van der Waals surface area contributed by atoms with Crippen molar-refractivity contribution >= 4 is 0 Å². The number of hydrogen-bond donors (Lipinski definition) is 1. The standard InChI is InChI=1S/C16H26FN/c1-11(2)15-10-14(9-12(3)16(15)17)8-6-7-13(4)18-5/h9-11,13,18H,6-8H2,1-5H3/t13-/m0/s1. The maximum atomic E-state index is 13.9. The molecule has 1 nitrogen and oxygen atoms in total. The smallest absolute Gasteiger partial charge is 0.129 e. The van der Waals surface area contributed by atoms with Crippen LogP contribution in [0.25, 0.3) is 0 Å². The summed E-state index contributed by atoms with van der Waals surface area (Å²) in [6.45, 7) is 8.14. The maximum Gasteiger partial charge on any atom is 0.129 e. The molecule has 0 aliphatic heterocycles. The average molecular weight is 251 g/mol. The van der Waals surface area contributed by atoms with Gasteiger partial charge < -0.3 is 5.32 Å². The second-order valence-corrected chi connectivity index (χ2v) is 5.55. The van der Waals surface area contributed by atoms with E-state index in [9.17, 15) is 4.39 Å². The van der Waals surface area contributed by atoms with Gasteiger partial charge in [0.2, 0.25) is 0 Å². The highest BCUT2D eigenvalue weighted by Crippen LogP contribution is 2.23. The van der Waals surface area contributed by atoms with Crippen molar-refractivity contribution in [1.82, 2.24) is 5.32 Å². The Morgan fingerprint density at radius 2 is 1.89 bits per heavy atom. The van der Waals surface area contributed by atoms with Crippen LogP contribution in [0, 0.1) is 12.7 Å². The van der Waals surface area contributed by atoms with Crippen molar-refractivity contribution in [2.75, 3.05) is 7.05 Å². The lowest BCUT2D eigenvalue weighted by Crippen LogP contribution is -2.20. The third-order valence-electron chi connectivity index (χ3n) is 3.56. The highest BCUT2D eigenvalue weighted by molar-refractivity contribution is 5.33. The van der Waals surface area contributed by atoms with E-state index in [-0.39, 0.29) is 11.7 Å². The van der Waals surface area contributed by atoms with Gasteiger partial charge in [0, 0.05) is 6.04 Å². The van der Waals surface area contributed by atoms with Gasteiger partial charge in [-0.1, -0.05) is 26.0 Å². The Morgan fingerprint density at radius 1 is 1.22 bits per heavy atom. The van der Waals surface area contributed by atoms with Gasteiger partial charge in [-0.2, -0.15) is 0 Å². The molecule has 18 heavy (non-hydrogen) atoms. The molecule has 0 aromatic heterocycles. The predicted molar refractivity (Wildman–Crippen MR) is 76.7 cm³/mol. The molecule has 1 aromatic carbocycles. The third-order valence-corrected chi connectivity index (χ3v) is 3.56. The summed E-state index contributed by atoms with van der Waals surface area (Å²) < 4.78 is 13.9. The zero-order chi connectivity index (χ0) is 13.7. The van der Waals surface area contributed by atoms with Gasteiger partial charge in [-0.15, -0.1) is 0 Å². The van der Waals surface area contributed by atoms with Gasteiger partial charge >= 0.3 is 0 Å². The first-order valence-electron chi connectivity index (χ1n) is 6.91. The Kier molecular flexibility index (Phi) is 5.80. The highest BCUT2D eigenvalue weighted by Gasteiger charge is 2.11. The molecule has 0 aliphatic carbocycles. The summed E-state index contributed by atoms with van der Waals surface area (Å²) in [6, 6.07) is 4.58. The highest BCUT2D eigenvalue weighted by atomic mass is 19.1. The molecule has 0 bridgehead atoms. The molecule has 0 saturated heterocycles. The molecule has 0 heterocycles. The minimum atomic E-state index is -0.0302. The summed E-state index contributed by atoms with van der Waals surface area (Å²) in [5.41, 5.74) is 2.89. The molecule has 0 aliphatic rings. The molecule has 0 saturated carbocycles. The van der Waals surface area contributed by atoms with E-state index in [1.165, 1.54) is 5.56 Å². The molecular formula is C16H26FN. The van der Waals surface area contributed by atoms with Crippen LogP contribution in [0.4, 0.5) is 4.39 Å². The summed E-state index contributed by atoms with van der Waals surface area (Å²) in [5.74, 6) is 0.220. The predicted octanol–water partition coefficient (Wildman–Crippen LogP) is 4.19. The second kappa shape index (κ2) is 6.89. The maximum absolute atomic E-state index is 13.9. The molecule has 0 spiro atoms. The van der Waals surface area contributed by atoms with Gasteiger partial charge in [0.15, 0.2) is 0 Å². The van der Waals surface area contributed by atoms with E-state index >= 15 is 0 Å². The van der Waals surface area contributed by atoms with Gasteiger partial charge in [0.25, 0.3) is 0 Å². The first kappa shape index (κ1) is 15.2. The van der Waals surface area contributed by atoms with E-state index < -0.39 is 0 Å². The van der Waals surface area contributed by atoms with Crippen LogP contribution in [0.15, 0.2) is 12.1 Å². The number of hydrogen-bond acceptors (Lipinski definition) is 1. The molecule has 1 aromatic rings. The van der Waals surface area contributed by atoms with Crippen molar-refractivity contribution in [2.24, 2.45) is 0 Å². The van der Waals surface area contributed by atoms with Gasteiger partial charge in [-0.25, -0.2) is 4.39 Å². The number of aryl methyl sites for hydroxylation is 2. The van der Waals surface area contributed by atoms with Crippen LogP contribution in [-0.2, 0) is 6.42 Å². The van der Waals surface area contributed by atoms with Gasteiger partial charge in [-0.05, 0) is 62.8 Å². The van der Waals surface area contributed by atoms with Crippen molar-refractivity contribution in [3.8, 4) is 0 Å². The summed E-state index contributed by atoms with van der Waals surface area (Å²) in [4.78, 5) is 0. The zero-order valence-corrected chi connectivity index (χ0v) is 12.3. The van der Waals surface area contributed by atoms with E-state index in [0.29, 0.717) is 6.04 Å². The van der Waals surface area contributed by atoms with Crippen LogP contribution in [-0.4, -0.2) is 13.1 Å². The largest absolute Gasteiger partial charge is 0.317 e. The van der Waals surface area contributed by atoms with Crippen LogP contribution in [0.2, 0.25) is 0 Å². The lowest BCUT2D eigenvalue weighted by Gasteiger charge is -2.13. The average Bonchev–Trinajstić information content (AvgIpc) is 2.32. The summed E-state index contributed by atoms with van der Waals surface area (Å²) >= 11 is 0. The van der Waals surface area contributed by atoms with Gasteiger partial charge in [0.05, 0.1) is 0 Å². The number of rotatable bonds is 6. The fourth-order valence-electron chi connectivity index (χ4n) is 2.20. The van der Waals surface area contributed by atoms with Crippen LogP contribution in [0.1, 0.15) is 56.2 Å². The monoisotopic (exact) mass is 251 g/mol. The summed E-state index contributed by atoms with van der Waals surface area (Å²) in [5, 5.41) is 3.24. The fraction of sp³-hybridized carbons (Fsp3) is 0.625. The molecule has 0 radical (unpaired) electrons. The fourth-order valence-corrected chi connectivity index (χ4v) is 2.20. The Labute approximate surface area is 111 Å². The molecule has 1 N–H and O–H groups in total. The molecule has 1 atom stereocenters. The molecular weight excluding hydrogens is 225 g/mol. The molecule has 2 heteroatoms. The normalized spacial score (nSPS) is 13.1. The van der Waals surface area contributed by atoms with E-state index in [1.807, 2.05) is 40.0 Å². The van der Waals surface area contributed by atoms with Crippen LogP contribution in [0.5, 0.6) is 0 Å². The van der Waals surface area contributed by atoms with Crippen molar-refractivity contribution in [1.29, 1.82) is 0 Å². The van der Waals surface area contributed by atoms with Crippen molar-refractivity contribution in [3.05, 3.63) is 34.6 Å². The summed E-state index contributed by atoms with van der Waals surface area (Å²) in [6.07, 6.45) is 3.33. The third kappa shape index (κ3) is 4.09. The molecule has 1 rings (SSSR count). The molecule has 102 valence electrons. The van der Waals surface area contributed by atoms with Crippen LogP contribution < -0.4 is 5.32 Å². The van der Waals surface area contributed by atoms with Crippen molar-refractivity contribution in [2.45, 2.75) is 58.9 Å². The summed E-state index contributed by atoms with van der Waals surface area (Å²) in [7, 11) is 1.99. The van der Waals surface area contributed by atoms with Gasteiger partial charge in [0.1, 0.15) is 5.82 Å². The SMILES string of the molecule is CN[C@@H](C)CCCc1cc(C)c(F)c(C(C)C)c1. The van der Waals surface area contributed by atoms with E-state index in [4.69, 9.17) is 0 Å². The van der Waals surface area contributed by atoms with Crippen LogP contribution in [0.3, 0.4) is 0 Å². The topological polar surface area (TPSA) is 12.0 Å². The Bertz CT molecular complexity index is 385. The Hall–Kier alpha value is -0.890. The number of benzene rings is 1. The quantitative estimate of drug-likeness (QED) is 0.799. The molecule has 0 unspecified atom stereocenters. The van der Waals surface area contributed by atoms with E-state index in [2.05, 4.69) is 12.2 Å². The minimum Gasteiger partial charge on any atom is -0.317 e. The lowest BCUT2D eigenvalue weighted by molar-refractivity contribution is 0.540.